The van der Waals surface area contributed by atoms with Crippen LogP contribution in [0, 0.1) is 0 Å². The lowest BCUT2D eigenvalue weighted by Gasteiger charge is -2.01. The average molecular weight is 211 g/mol. The molecule has 0 aliphatic heterocycles. The van der Waals surface area contributed by atoms with Crippen molar-refractivity contribution in [2.75, 3.05) is 12.4 Å². The fourth-order valence-corrected chi connectivity index (χ4v) is 1.20. The predicted molar refractivity (Wildman–Crippen MR) is 52.6 cm³/mol. The number of rotatable bonds is 6. The second-order valence-corrected chi connectivity index (χ2v) is 3.38. The van der Waals surface area contributed by atoms with Gasteiger partial charge in [-0.3, -0.25) is 4.79 Å². The number of nitrogens with one attached hydrogen (secondary N) is 1. The predicted octanol–water partition coefficient (Wildman–Crippen LogP) is 0.596. The molecule has 1 N–H and O–H groups in total. The van der Waals surface area contributed by atoms with E-state index in [9.17, 15) is 4.79 Å². The number of aromatic nitrogens is 2. The van der Waals surface area contributed by atoms with Crippen LogP contribution in [0.3, 0.4) is 0 Å². The second-order valence-electron chi connectivity index (χ2n) is 3.38. The van der Waals surface area contributed by atoms with Crippen molar-refractivity contribution in [3.05, 3.63) is 6.20 Å². The van der Waals surface area contributed by atoms with Crippen molar-refractivity contribution in [3.63, 3.8) is 0 Å². The number of hydrogen-bond donors (Lipinski definition) is 1. The molecule has 6 heteroatoms. The van der Waals surface area contributed by atoms with Crippen LogP contribution < -0.4 is 10.1 Å². The Morgan fingerprint density at radius 1 is 1.73 bits per heavy atom. The van der Waals surface area contributed by atoms with E-state index in [0.717, 1.165) is 12.8 Å². The van der Waals surface area contributed by atoms with Gasteiger partial charge in [-0.25, -0.2) is 4.68 Å². The number of carbonyl (C=O) groups excluding carboxylic acids is 1. The first kappa shape index (κ1) is 9.97. The van der Waals surface area contributed by atoms with E-state index in [0.29, 0.717) is 24.7 Å². The van der Waals surface area contributed by atoms with Crippen LogP contribution in [0.1, 0.15) is 12.8 Å². The largest absolute Gasteiger partial charge is 0.472 e. The molecule has 1 heterocycles. The van der Waals surface area contributed by atoms with E-state index in [2.05, 4.69) is 10.4 Å². The van der Waals surface area contributed by atoms with Gasteiger partial charge in [-0.15, -0.1) is 5.10 Å². The summed E-state index contributed by atoms with van der Waals surface area (Å²) in [5, 5.41) is 6.69. The van der Waals surface area contributed by atoms with Gasteiger partial charge in [0.15, 0.2) is 0 Å². The van der Waals surface area contributed by atoms with E-state index in [-0.39, 0.29) is 6.10 Å². The highest BCUT2D eigenvalue weighted by Crippen LogP contribution is 2.30. The first-order valence-electron chi connectivity index (χ1n) is 4.76. The van der Waals surface area contributed by atoms with Crippen molar-refractivity contribution in [2.24, 2.45) is 0 Å². The average Bonchev–Trinajstić information content (AvgIpc) is 2.93. The van der Waals surface area contributed by atoms with Crippen LogP contribution in [0.2, 0.25) is 0 Å². The number of ether oxygens (including phenoxy) is 2. The summed E-state index contributed by atoms with van der Waals surface area (Å²) in [4.78, 5) is 10.4. The summed E-state index contributed by atoms with van der Waals surface area (Å²) in [5.41, 5.74) is 0.578. The van der Waals surface area contributed by atoms with Gasteiger partial charge in [-0.05, 0) is 12.8 Å². The lowest BCUT2D eigenvalue weighted by atomic mass is 10.5. The molecule has 0 atom stereocenters. The normalized spacial score (nSPS) is 15.0. The third-order valence-electron chi connectivity index (χ3n) is 2.01. The molecule has 1 saturated carbocycles. The number of carbonyl (C=O) groups is 1. The molecule has 0 saturated heterocycles. The molecular formula is C9H13N3O3. The van der Waals surface area contributed by atoms with Crippen molar-refractivity contribution in [1.82, 2.24) is 9.78 Å². The lowest BCUT2D eigenvalue weighted by Crippen LogP contribution is -2.02. The van der Waals surface area contributed by atoms with E-state index in [1.165, 1.54) is 0 Å². The lowest BCUT2D eigenvalue weighted by molar-refractivity contribution is -0.105. The number of methoxy groups -OCH3 is 1. The SMILES string of the molecule is COCn1cc(NC=O)c(OC2CC2)n1. The third kappa shape index (κ3) is 2.47. The van der Waals surface area contributed by atoms with Crippen LogP contribution in [-0.4, -0.2) is 29.4 Å². The first-order valence-corrected chi connectivity index (χ1v) is 4.76. The minimum Gasteiger partial charge on any atom is -0.472 e. The van der Waals surface area contributed by atoms with E-state index in [1.807, 2.05) is 0 Å². The topological polar surface area (TPSA) is 65.4 Å². The maximum atomic E-state index is 10.4. The molecule has 0 bridgehead atoms. The molecule has 6 nitrogen and oxygen atoms in total. The molecule has 1 amide bonds. The molecule has 0 aromatic carbocycles. The molecule has 82 valence electrons. The van der Waals surface area contributed by atoms with E-state index in [1.54, 1.807) is 18.0 Å². The molecule has 1 aromatic heterocycles. The Hall–Kier alpha value is -1.56. The molecule has 15 heavy (non-hydrogen) atoms. The minimum absolute atomic E-state index is 0.253. The van der Waals surface area contributed by atoms with Crippen LogP contribution in [0.15, 0.2) is 6.20 Å². The maximum absolute atomic E-state index is 10.4. The zero-order valence-corrected chi connectivity index (χ0v) is 8.47. The summed E-state index contributed by atoms with van der Waals surface area (Å²) < 4.78 is 12.0. The third-order valence-corrected chi connectivity index (χ3v) is 2.01. The van der Waals surface area contributed by atoms with Crippen molar-refractivity contribution in [3.8, 4) is 5.88 Å². The van der Waals surface area contributed by atoms with Crippen LogP contribution in [0.5, 0.6) is 5.88 Å². The van der Waals surface area contributed by atoms with Gasteiger partial charge < -0.3 is 14.8 Å². The van der Waals surface area contributed by atoms with Gasteiger partial charge in [-0.1, -0.05) is 0 Å². The van der Waals surface area contributed by atoms with Gasteiger partial charge in [0.2, 0.25) is 6.41 Å². The Balaban J connectivity index is 2.11. The van der Waals surface area contributed by atoms with Gasteiger partial charge in [0, 0.05) is 7.11 Å². The molecule has 0 radical (unpaired) electrons. The number of amides is 1. The van der Waals surface area contributed by atoms with Crippen LogP contribution in [-0.2, 0) is 16.3 Å². The fourth-order valence-electron chi connectivity index (χ4n) is 1.20. The fraction of sp³-hybridized carbons (Fsp3) is 0.556. The molecular weight excluding hydrogens is 198 g/mol. The Morgan fingerprint density at radius 2 is 2.53 bits per heavy atom. The monoisotopic (exact) mass is 211 g/mol. The van der Waals surface area contributed by atoms with Gasteiger partial charge >= 0.3 is 0 Å². The molecule has 1 aliphatic rings. The van der Waals surface area contributed by atoms with Crippen molar-refractivity contribution < 1.29 is 14.3 Å². The Kier molecular flexibility index (Phi) is 2.86. The van der Waals surface area contributed by atoms with Crippen LogP contribution >= 0.6 is 0 Å². The van der Waals surface area contributed by atoms with Crippen molar-refractivity contribution >= 4 is 12.1 Å². The summed E-state index contributed by atoms with van der Waals surface area (Å²) in [7, 11) is 1.58. The summed E-state index contributed by atoms with van der Waals surface area (Å²) in [6.45, 7) is 0.335. The standard InChI is InChI=1S/C9H13N3O3/c1-14-6-12-4-8(10-5-13)9(11-12)15-7-2-3-7/h4-5,7H,2-3,6H2,1H3,(H,10,13). The van der Waals surface area contributed by atoms with Gasteiger partial charge in [0.1, 0.15) is 18.5 Å². The van der Waals surface area contributed by atoms with Gasteiger partial charge in [0.25, 0.3) is 5.88 Å². The van der Waals surface area contributed by atoms with E-state index >= 15 is 0 Å². The minimum atomic E-state index is 0.253. The Labute approximate surface area is 87.2 Å². The van der Waals surface area contributed by atoms with Gasteiger partial charge in [-0.2, -0.15) is 0 Å². The quantitative estimate of drug-likeness (QED) is 0.699. The van der Waals surface area contributed by atoms with Crippen LogP contribution in [0.4, 0.5) is 5.69 Å². The first-order chi connectivity index (χ1) is 7.33. The smallest absolute Gasteiger partial charge is 0.257 e. The number of anilines is 1. The highest BCUT2D eigenvalue weighted by Gasteiger charge is 2.26. The van der Waals surface area contributed by atoms with E-state index < -0.39 is 0 Å². The Morgan fingerprint density at radius 3 is 3.13 bits per heavy atom. The van der Waals surface area contributed by atoms with Crippen LogP contribution in [0.25, 0.3) is 0 Å². The summed E-state index contributed by atoms with van der Waals surface area (Å²) in [6.07, 6.45) is 4.64. The summed E-state index contributed by atoms with van der Waals surface area (Å²) in [6, 6.07) is 0. The molecule has 0 spiro atoms. The highest BCUT2D eigenvalue weighted by molar-refractivity contribution is 5.73. The second kappa shape index (κ2) is 4.31. The molecule has 1 aliphatic carbocycles. The summed E-state index contributed by atoms with van der Waals surface area (Å²) >= 11 is 0. The number of nitrogens with zero attached hydrogens (tertiary/aromatic N) is 2. The molecule has 1 fully saturated rings. The van der Waals surface area contributed by atoms with Gasteiger partial charge in [0.05, 0.1) is 6.20 Å². The van der Waals surface area contributed by atoms with Crippen molar-refractivity contribution in [2.45, 2.75) is 25.7 Å². The zero-order chi connectivity index (χ0) is 10.7. The molecule has 1 aromatic rings. The maximum Gasteiger partial charge on any atom is 0.257 e. The molecule has 2 rings (SSSR count). The number of hydrogen-bond acceptors (Lipinski definition) is 4. The Bertz CT molecular complexity index is 346. The zero-order valence-electron chi connectivity index (χ0n) is 8.47. The molecule has 0 unspecified atom stereocenters. The van der Waals surface area contributed by atoms with Crippen molar-refractivity contribution in [1.29, 1.82) is 0 Å². The highest BCUT2D eigenvalue weighted by atomic mass is 16.5. The van der Waals surface area contributed by atoms with E-state index in [4.69, 9.17) is 9.47 Å². The summed E-state index contributed by atoms with van der Waals surface area (Å²) in [5.74, 6) is 0.460.